The van der Waals surface area contributed by atoms with E-state index in [4.69, 9.17) is 10.7 Å². The number of carbonyl (C=O) groups is 1. The molecule has 1 saturated heterocycles. The van der Waals surface area contributed by atoms with Gasteiger partial charge >= 0.3 is 0 Å². The number of rotatable bonds is 7. The number of amides is 1. The van der Waals surface area contributed by atoms with Crippen LogP contribution in [0.5, 0.6) is 0 Å². The zero-order valence-electron chi connectivity index (χ0n) is 19.1. The number of hydrogen-bond donors (Lipinski definition) is 1. The average molecular weight is 453 g/mol. The lowest BCUT2D eigenvalue weighted by Gasteiger charge is -2.26. The number of benzene rings is 1. The lowest BCUT2D eigenvalue weighted by Crippen LogP contribution is -2.38. The Morgan fingerprint density at radius 1 is 1.25 bits per heavy atom. The molecule has 0 aliphatic carbocycles. The fourth-order valence-corrected chi connectivity index (χ4v) is 5.00. The van der Waals surface area contributed by atoms with Crippen LogP contribution in [-0.2, 0) is 6.54 Å². The summed E-state index contributed by atoms with van der Waals surface area (Å²) in [6.45, 7) is 8.02. The lowest BCUT2D eigenvalue weighted by molar-refractivity contribution is 0.0774. The summed E-state index contributed by atoms with van der Waals surface area (Å²) in [5.41, 5.74) is 10.1. The van der Waals surface area contributed by atoms with Gasteiger partial charge in [-0.05, 0) is 38.6 Å². The molecular formula is C24H32N6OS. The van der Waals surface area contributed by atoms with Crippen LogP contribution in [0.15, 0.2) is 36.5 Å². The van der Waals surface area contributed by atoms with Crippen molar-refractivity contribution >= 4 is 28.7 Å². The minimum atomic E-state index is 0.0705. The Kier molecular flexibility index (Phi) is 7.13. The van der Waals surface area contributed by atoms with E-state index in [-0.39, 0.29) is 11.9 Å². The molecule has 0 atom stereocenters. The number of pyridine rings is 1. The Hall–Kier alpha value is -2.42. The first kappa shape index (κ1) is 22.8. The second-order valence-electron chi connectivity index (χ2n) is 8.61. The zero-order valence-corrected chi connectivity index (χ0v) is 19.9. The monoisotopic (exact) mass is 452 g/mol. The van der Waals surface area contributed by atoms with Crippen LogP contribution in [0, 0.1) is 0 Å². The molecule has 1 aliphatic rings. The maximum absolute atomic E-state index is 13.5. The van der Waals surface area contributed by atoms with Crippen LogP contribution in [-0.4, -0.2) is 75.2 Å². The summed E-state index contributed by atoms with van der Waals surface area (Å²) in [5.74, 6) is 2.04. The van der Waals surface area contributed by atoms with Gasteiger partial charge in [0.05, 0.1) is 22.8 Å². The van der Waals surface area contributed by atoms with Crippen molar-refractivity contribution < 1.29 is 4.79 Å². The number of likely N-dealkylation sites (N-methyl/N-ethyl adjacent to an activating group) is 1. The highest BCUT2D eigenvalue weighted by molar-refractivity contribution is 7.99. The second kappa shape index (κ2) is 10.0. The van der Waals surface area contributed by atoms with Crippen LogP contribution in [0.2, 0.25) is 0 Å². The van der Waals surface area contributed by atoms with Crippen molar-refractivity contribution in [3.05, 3.63) is 47.7 Å². The molecule has 2 aromatic heterocycles. The molecule has 0 radical (unpaired) electrons. The van der Waals surface area contributed by atoms with E-state index in [2.05, 4.69) is 55.2 Å². The number of aromatic nitrogens is 3. The van der Waals surface area contributed by atoms with Crippen molar-refractivity contribution in [1.29, 1.82) is 0 Å². The molecule has 0 saturated carbocycles. The zero-order chi connectivity index (χ0) is 22.7. The Balaban J connectivity index is 1.78. The first-order valence-corrected chi connectivity index (χ1v) is 12.4. The van der Waals surface area contributed by atoms with Gasteiger partial charge in [0.25, 0.3) is 5.91 Å². The largest absolute Gasteiger partial charge is 0.337 e. The molecule has 1 aliphatic heterocycles. The minimum absolute atomic E-state index is 0.0705. The molecular weight excluding hydrogens is 420 g/mol. The Labute approximate surface area is 194 Å². The first-order valence-electron chi connectivity index (χ1n) is 11.2. The molecule has 3 heterocycles. The standard InChI is InChI=1S/C24H32N6OS/c1-17(2)30-23-21(15-26-30)20(24(31)29-9-11-32-12-10-29)14-22(27-23)19-6-4-5-18(13-19)16-28(3)8-7-25/h4-6,13-15,17H,7-12,16,25H2,1-3H3. The summed E-state index contributed by atoms with van der Waals surface area (Å²) in [7, 11) is 2.07. The molecule has 0 unspecified atom stereocenters. The Morgan fingerprint density at radius 2 is 2.03 bits per heavy atom. The summed E-state index contributed by atoms with van der Waals surface area (Å²) in [4.78, 5) is 22.6. The fraction of sp³-hybridized carbons (Fsp3) is 0.458. The molecule has 0 bridgehead atoms. The number of hydrogen-bond acceptors (Lipinski definition) is 6. The predicted molar refractivity (Wildman–Crippen MR) is 132 cm³/mol. The highest BCUT2D eigenvalue weighted by Crippen LogP contribution is 2.28. The Morgan fingerprint density at radius 3 is 2.75 bits per heavy atom. The normalized spacial score (nSPS) is 14.6. The fourth-order valence-electron chi connectivity index (χ4n) is 4.10. The van der Waals surface area contributed by atoms with E-state index < -0.39 is 0 Å². The van der Waals surface area contributed by atoms with Gasteiger partial charge in [-0.2, -0.15) is 16.9 Å². The van der Waals surface area contributed by atoms with Gasteiger partial charge in [0.15, 0.2) is 5.65 Å². The number of nitrogens with zero attached hydrogens (tertiary/aromatic N) is 5. The minimum Gasteiger partial charge on any atom is -0.337 e. The van der Waals surface area contributed by atoms with E-state index in [1.807, 2.05) is 27.4 Å². The number of fused-ring (bicyclic) bond motifs is 1. The van der Waals surface area contributed by atoms with Crippen LogP contribution in [0.1, 0.15) is 35.8 Å². The van der Waals surface area contributed by atoms with Crippen molar-refractivity contribution in [3.8, 4) is 11.3 Å². The lowest BCUT2D eigenvalue weighted by atomic mass is 10.0. The van der Waals surface area contributed by atoms with Crippen LogP contribution < -0.4 is 5.73 Å². The van der Waals surface area contributed by atoms with E-state index in [9.17, 15) is 4.79 Å². The van der Waals surface area contributed by atoms with Crippen molar-refractivity contribution in [2.75, 3.05) is 44.7 Å². The first-order chi connectivity index (χ1) is 15.5. The molecule has 7 nitrogen and oxygen atoms in total. The van der Waals surface area contributed by atoms with Crippen LogP contribution in [0.4, 0.5) is 0 Å². The van der Waals surface area contributed by atoms with Gasteiger partial charge < -0.3 is 15.5 Å². The van der Waals surface area contributed by atoms with Gasteiger partial charge in [0.1, 0.15) is 0 Å². The molecule has 170 valence electrons. The molecule has 1 aromatic carbocycles. The molecule has 2 N–H and O–H groups in total. The van der Waals surface area contributed by atoms with Gasteiger partial charge in [-0.25, -0.2) is 9.67 Å². The van der Waals surface area contributed by atoms with Gasteiger partial charge in [-0.1, -0.05) is 18.2 Å². The molecule has 3 aromatic rings. The highest BCUT2D eigenvalue weighted by Gasteiger charge is 2.24. The maximum Gasteiger partial charge on any atom is 0.254 e. The van der Waals surface area contributed by atoms with Crippen LogP contribution >= 0.6 is 11.8 Å². The predicted octanol–water partition coefficient (Wildman–Crippen LogP) is 3.26. The van der Waals surface area contributed by atoms with Gasteiger partial charge in [-0.15, -0.1) is 0 Å². The third kappa shape index (κ3) is 4.82. The van der Waals surface area contributed by atoms with Gasteiger partial charge in [0, 0.05) is 55.8 Å². The number of carbonyl (C=O) groups excluding carboxylic acids is 1. The molecule has 8 heteroatoms. The molecule has 4 rings (SSSR count). The Bertz CT molecular complexity index is 1090. The van der Waals surface area contributed by atoms with E-state index in [0.29, 0.717) is 12.1 Å². The molecule has 1 fully saturated rings. The summed E-state index contributed by atoms with van der Waals surface area (Å²) >= 11 is 1.90. The topological polar surface area (TPSA) is 80.3 Å². The summed E-state index contributed by atoms with van der Waals surface area (Å²) in [6, 6.07) is 10.5. The summed E-state index contributed by atoms with van der Waals surface area (Å²) in [5, 5.41) is 5.38. The third-order valence-corrected chi connectivity index (χ3v) is 6.71. The van der Waals surface area contributed by atoms with Crippen molar-refractivity contribution in [2.24, 2.45) is 5.73 Å². The smallest absolute Gasteiger partial charge is 0.254 e. The second-order valence-corrected chi connectivity index (χ2v) is 9.83. The van der Waals surface area contributed by atoms with E-state index in [1.165, 1.54) is 5.56 Å². The van der Waals surface area contributed by atoms with E-state index in [0.717, 1.165) is 60.0 Å². The molecule has 1 amide bonds. The summed E-state index contributed by atoms with van der Waals surface area (Å²) in [6.07, 6.45) is 1.79. The molecule has 32 heavy (non-hydrogen) atoms. The number of nitrogens with two attached hydrogens (primary N) is 1. The quantitative estimate of drug-likeness (QED) is 0.593. The SMILES string of the molecule is CC(C)n1ncc2c(C(=O)N3CCSCC3)cc(-c3cccc(CN(C)CCN)c3)nc21. The van der Waals surface area contributed by atoms with Gasteiger partial charge in [-0.3, -0.25) is 4.79 Å². The van der Waals surface area contributed by atoms with Crippen molar-refractivity contribution in [3.63, 3.8) is 0 Å². The summed E-state index contributed by atoms with van der Waals surface area (Å²) < 4.78 is 1.90. The maximum atomic E-state index is 13.5. The van der Waals surface area contributed by atoms with Gasteiger partial charge in [0.2, 0.25) is 0 Å². The van der Waals surface area contributed by atoms with E-state index >= 15 is 0 Å². The van der Waals surface area contributed by atoms with Crippen LogP contribution in [0.3, 0.4) is 0 Å². The van der Waals surface area contributed by atoms with Crippen LogP contribution in [0.25, 0.3) is 22.3 Å². The van der Waals surface area contributed by atoms with Crippen molar-refractivity contribution in [2.45, 2.75) is 26.4 Å². The van der Waals surface area contributed by atoms with E-state index in [1.54, 1.807) is 6.20 Å². The molecule has 0 spiro atoms. The average Bonchev–Trinajstić information content (AvgIpc) is 3.23. The number of thioether (sulfide) groups is 1. The third-order valence-electron chi connectivity index (χ3n) is 5.77. The van der Waals surface area contributed by atoms with Crippen molar-refractivity contribution in [1.82, 2.24) is 24.6 Å². The highest BCUT2D eigenvalue weighted by atomic mass is 32.2.